The highest BCUT2D eigenvalue weighted by molar-refractivity contribution is 5.83. The Hall–Kier alpha value is -2.17. The second-order valence-electron chi connectivity index (χ2n) is 8.71. The van der Waals surface area contributed by atoms with Crippen LogP contribution in [0.3, 0.4) is 0 Å². The van der Waals surface area contributed by atoms with E-state index in [1.54, 1.807) is 0 Å². The number of rotatable bonds is 2. The molecule has 0 unspecified atom stereocenters. The van der Waals surface area contributed by atoms with E-state index in [9.17, 15) is 4.79 Å². The highest BCUT2D eigenvalue weighted by atomic mass is 16.2. The van der Waals surface area contributed by atoms with Crippen LogP contribution >= 0.6 is 0 Å². The molecule has 3 heterocycles. The van der Waals surface area contributed by atoms with Crippen LogP contribution in [-0.4, -0.2) is 46.5 Å². The topological polar surface area (TPSA) is 49.3 Å². The van der Waals surface area contributed by atoms with Crippen molar-refractivity contribution in [2.45, 2.75) is 52.0 Å². The molecule has 5 heteroatoms. The van der Waals surface area contributed by atoms with Crippen molar-refractivity contribution in [1.29, 1.82) is 0 Å². The average molecular weight is 364 g/mol. The molecule has 3 fully saturated rings. The van der Waals surface area contributed by atoms with Crippen LogP contribution in [0.4, 0.5) is 5.95 Å². The second-order valence-corrected chi connectivity index (χ2v) is 8.71. The zero-order chi connectivity index (χ0) is 18.5. The Morgan fingerprint density at radius 1 is 1.07 bits per heavy atom. The number of carbonyl (C=O) groups is 1. The number of anilines is 1. The van der Waals surface area contributed by atoms with E-state index >= 15 is 0 Å². The lowest BCUT2D eigenvalue weighted by Gasteiger charge is -2.36. The zero-order valence-corrected chi connectivity index (χ0v) is 16.3. The van der Waals surface area contributed by atoms with E-state index in [1.807, 2.05) is 0 Å². The van der Waals surface area contributed by atoms with Crippen molar-refractivity contribution in [1.82, 2.24) is 14.9 Å². The summed E-state index contributed by atoms with van der Waals surface area (Å²) in [5, 5.41) is 1.13. The Kier molecular flexibility index (Phi) is 4.06. The van der Waals surface area contributed by atoms with E-state index < -0.39 is 0 Å². The minimum absolute atomic E-state index is 0.185. The van der Waals surface area contributed by atoms with Gasteiger partial charge in [-0.2, -0.15) is 0 Å². The molecule has 2 saturated heterocycles. The van der Waals surface area contributed by atoms with E-state index in [0.29, 0.717) is 11.9 Å². The molecule has 27 heavy (non-hydrogen) atoms. The summed E-state index contributed by atoms with van der Waals surface area (Å²) in [6.07, 6.45) is 5.63. The Labute approximate surface area is 160 Å². The van der Waals surface area contributed by atoms with Crippen LogP contribution in [-0.2, 0) is 4.79 Å². The molecule has 1 aromatic carbocycles. The summed E-state index contributed by atoms with van der Waals surface area (Å²) in [4.78, 5) is 27.0. The van der Waals surface area contributed by atoms with Gasteiger partial charge in [-0.15, -0.1) is 0 Å². The normalized spacial score (nSPS) is 25.6. The van der Waals surface area contributed by atoms with Gasteiger partial charge < -0.3 is 9.80 Å². The molecule has 1 saturated carbocycles. The van der Waals surface area contributed by atoms with Gasteiger partial charge in [0.25, 0.3) is 0 Å². The van der Waals surface area contributed by atoms with E-state index in [0.717, 1.165) is 60.9 Å². The number of piperidine rings is 2. The minimum atomic E-state index is 0.185. The van der Waals surface area contributed by atoms with Gasteiger partial charge in [0.05, 0.1) is 11.2 Å². The number of aryl methyl sites for hydroxylation is 2. The first kappa shape index (κ1) is 17.0. The molecule has 0 N–H and O–H groups in total. The number of likely N-dealkylation sites (tertiary alicyclic amines) is 1. The maximum Gasteiger partial charge on any atom is 0.226 e. The number of aromatic nitrogens is 2. The molecule has 2 aromatic rings. The van der Waals surface area contributed by atoms with Crippen LogP contribution < -0.4 is 4.90 Å². The summed E-state index contributed by atoms with van der Waals surface area (Å²) in [6, 6.07) is 6.88. The minimum Gasteiger partial charge on any atom is -0.341 e. The van der Waals surface area contributed by atoms with Gasteiger partial charge in [-0.1, -0.05) is 11.6 Å². The summed E-state index contributed by atoms with van der Waals surface area (Å²) in [7, 11) is 0. The van der Waals surface area contributed by atoms with Crippen LogP contribution in [0, 0.1) is 25.7 Å². The first-order valence-electron chi connectivity index (χ1n) is 10.4. The predicted octanol–water partition coefficient (Wildman–Crippen LogP) is 3.47. The first-order valence-corrected chi connectivity index (χ1v) is 10.4. The quantitative estimate of drug-likeness (QED) is 0.819. The molecule has 1 aromatic heterocycles. The number of carbonyl (C=O) groups excluding carboxylic acids is 1. The van der Waals surface area contributed by atoms with Gasteiger partial charge in [-0.25, -0.2) is 9.97 Å². The summed E-state index contributed by atoms with van der Waals surface area (Å²) >= 11 is 0. The average Bonchev–Trinajstić information content (AvgIpc) is 3.31. The highest BCUT2D eigenvalue weighted by Crippen LogP contribution is 2.39. The second kappa shape index (κ2) is 6.47. The summed E-state index contributed by atoms with van der Waals surface area (Å²) < 4.78 is 0. The Bertz CT molecular complexity index is 887. The smallest absolute Gasteiger partial charge is 0.226 e. The third-order valence-electron chi connectivity index (χ3n) is 6.85. The summed E-state index contributed by atoms with van der Waals surface area (Å²) in [5.41, 5.74) is 3.27. The largest absolute Gasteiger partial charge is 0.341 e. The number of nitrogens with zero attached hydrogens (tertiary/aromatic N) is 4. The number of amides is 1. The Morgan fingerprint density at radius 3 is 2.59 bits per heavy atom. The Balaban J connectivity index is 1.28. The van der Waals surface area contributed by atoms with Gasteiger partial charge in [-0.3, -0.25) is 4.79 Å². The molecule has 5 nitrogen and oxygen atoms in total. The van der Waals surface area contributed by atoms with Gasteiger partial charge in [0.2, 0.25) is 11.9 Å². The van der Waals surface area contributed by atoms with Gasteiger partial charge in [-0.05, 0) is 64.0 Å². The molecule has 142 valence electrons. The number of fused-ring (bicyclic) bond motifs is 3. The highest BCUT2D eigenvalue weighted by Gasteiger charge is 2.42. The van der Waals surface area contributed by atoms with Crippen molar-refractivity contribution in [2.24, 2.45) is 11.8 Å². The van der Waals surface area contributed by atoms with Crippen molar-refractivity contribution in [3.05, 3.63) is 29.5 Å². The van der Waals surface area contributed by atoms with Gasteiger partial charge >= 0.3 is 0 Å². The fourth-order valence-corrected chi connectivity index (χ4v) is 5.28. The lowest BCUT2D eigenvalue weighted by atomic mass is 9.94. The monoisotopic (exact) mass is 364 g/mol. The fraction of sp³-hybridized carbons (Fsp3) is 0.591. The summed E-state index contributed by atoms with van der Waals surface area (Å²) in [5.74, 6) is 2.18. The van der Waals surface area contributed by atoms with Crippen LogP contribution in [0.2, 0.25) is 0 Å². The molecule has 2 atom stereocenters. The van der Waals surface area contributed by atoms with E-state index in [2.05, 4.69) is 41.8 Å². The molecule has 0 radical (unpaired) electrons. The van der Waals surface area contributed by atoms with Crippen molar-refractivity contribution >= 4 is 22.8 Å². The number of hydrogen-bond donors (Lipinski definition) is 0. The van der Waals surface area contributed by atoms with Crippen LogP contribution in [0.5, 0.6) is 0 Å². The lowest BCUT2D eigenvalue weighted by Crippen LogP contribution is -2.45. The molecule has 0 spiro atoms. The predicted molar refractivity (Wildman–Crippen MR) is 107 cm³/mol. The third-order valence-corrected chi connectivity index (χ3v) is 6.85. The lowest BCUT2D eigenvalue weighted by molar-refractivity contribution is -0.137. The van der Waals surface area contributed by atoms with Crippen molar-refractivity contribution in [2.75, 3.05) is 24.5 Å². The van der Waals surface area contributed by atoms with E-state index in [-0.39, 0.29) is 5.92 Å². The third kappa shape index (κ3) is 2.97. The van der Waals surface area contributed by atoms with Gasteiger partial charge in [0.1, 0.15) is 0 Å². The molecule has 2 bridgehead atoms. The molecule has 5 rings (SSSR count). The standard InChI is InChI=1S/C22H28N4O/c1-14-3-6-20-19(11-14)15(2)23-22(24-20)25-9-7-17(8-10-25)21(27)26-13-16-4-5-18(26)12-16/h3,6,11,16-18H,4-5,7-10,12-13H2,1-2H3/t16-,18-/m0/s1. The van der Waals surface area contributed by atoms with Crippen molar-refractivity contribution in [3.8, 4) is 0 Å². The Morgan fingerprint density at radius 2 is 1.89 bits per heavy atom. The first-order chi connectivity index (χ1) is 13.1. The number of hydrogen-bond acceptors (Lipinski definition) is 4. The van der Waals surface area contributed by atoms with Gasteiger partial charge in [0.15, 0.2) is 0 Å². The van der Waals surface area contributed by atoms with Crippen molar-refractivity contribution < 1.29 is 4.79 Å². The number of benzene rings is 1. The van der Waals surface area contributed by atoms with Gasteiger partial charge in [0, 0.05) is 37.0 Å². The van der Waals surface area contributed by atoms with Crippen LogP contribution in [0.25, 0.3) is 10.9 Å². The SMILES string of the molecule is Cc1ccc2nc(N3CCC(C(=O)N4C[C@H]5CC[C@H]4C5)CC3)nc(C)c2c1. The molecular weight excluding hydrogens is 336 g/mol. The maximum atomic E-state index is 13.0. The molecule has 2 aliphatic heterocycles. The molecular formula is C22H28N4O. The van der Waals surface area contributed by atoms with E-state index in [1.165, 1.54) is 24.8 Å². The summed E-state index contributed by atoms with van der Waals surface area (Å²) in [6.45, 7) is 6.91. The molecule has 1 amide bonds. The van der Waals surface area contributed by atoms with Crippen LogP contribution in [0.15, 0.2) is 18.2 Å². The zero-order valence-electron chi connectivity index (χ0n) is 16.3. The maximum absolute atomic E-state index is 13.0. The molecule has 1 aliphatic carbocycles. The van der Waals surface area contributed by atoms with E-state index in [4.69, 9.17) is 9.97 Å². The fourth-order valence-electron chi connectivity index (χ4n) is 5.28. The van der Waals surface area contributed by atoms with Crippen molar-refractivity contribution in [3.63, 3.8) is 0 Å². The molecule has 3 aliphatic rings. The van der Waals surface area contributed by atoms with Crippen LogP contribution in [0.1, 0.15) is 43.4 Å².